The van der Waals surface area contributed by atoms with Gasteiger partial charge in [-0.15, -0.1) is 0 Å². The summed E-state index contributed by atoms with van der Waals surface area (Å²) >= 11 is 0. The van der Waals surface area contributed by atoms with Crippen molar-refractivity contribution in [2.24, 2.45) is 0 Å². The Balaban J connectivity index is 0.00000100. The van der Waals surface area contributed by atoms with Gasteiger partial charge in [-0.2, -0.15) is 0 Å². The quantitative estimate of drug-likeness (QED) is 0.857. The minimum Gasteiger partial charge on any atom is -0.444 e. The predicted molar refractivity (Wildman–Crippen MR) is 100.0 cm³/mol. The zero-order valence-corrected chi connectivity index (χ0v) is 15.6. The lowest BCUT2D eigenvalue weighted by Gasteiger charge is -2.29. The first-order valence-electron chi connectivity index (χ1n) is 8.99. The number of rotatable bonds is 1. The highest BCUT2D eigenvalue weighted by Gasteiger charge is 2.24. The number of hydrogen-bond acceptors (Lipinski definition) is 2. The average Bonchev–Trinajstić information content (AvgIpc) is 2.99. The van der Waals surface area contributed by atoms with Crippen molar-refractivity contribution in [2.45, 2.75) is 59.5 Å². The first-order valence-corrected chi connectivity index (χ1v) is 8.99. The molecule has 0 atom stereocenters. The molecule has 0 saturated heterocycles. The normalized spacial score (nSPS) is 16.7. The second kappa shape index (κ2) is 7.73. The molecule has 1 aromatic rings. The van der Waals surface area contributed by atoms with Crippen LogP contribution >= 0.6 is 0 Å². The van der Waals surface area contributed by atoms with E-state index >= 15 is 0 Å². The predicted octanol–water partition coefficient (Wildman–Crippen LogP) is 3.42. The largest absolute Gasteiger partial charge is 0.444 e. The van der Waals surface area contributed by atoms with Crippen molar-refractivity contribution in [2.75, 3.05) is 13.1 Å². The molecule has 1 N–H and O–H groups in total. The molecular formula is C20H30N2O2. The van der Waals surface area contributed by atoms with E-state index in [-0.39, 0.29) is 6.09 Å². The Morgan fingerprint density at radius 3 is 2.50 bits per heavy atom. The third kappa shape index (κ3) is 4.31. The molecule has 1 amide bonds. The summed E-state index contributed by atoms with van der Waals surface area (Å²) in [5.41, 5.74) is 2.17. The van der Waals surface area contributed by atoms with Gasteiger partial charge in [-0.05, 0) is 45.6 Å². The lowest BCUT2D eigenvalue weighted by molar-refractivity contribution is 0.0270. The number of carbonyl (C=O) groups is 1. The summed E-state index contributed by atoms with van der Waals surface area (Å²) in [4.78, 5) is 17.2. The maximum atomic E-state index is 12.1. The number of H-pyrrole nitrogens is 1. The van der Waals surface area contributed by atoms with E-state index in [2.05, 4.69) is 29.4 Å². The summed E-state index contributed by atoms with van der Waals surface area (Å²) in [6, 6.07) is 0. The third-order valence-corrected chi connectivity index (χ3v) is 4.02. The SMILES string of the molecule is CC.CC(C)(C)OC(=O)N1CC=C(c2c[nH]c3c2=CCCC=3)CC1. The van der Waals surface area contributed by atoms with Crippen molar-refractivity contribution in [1.29, 1.82) is 0 Å². The topological polar surface area (TPSA) is 45.3 Å². The first kappa shape index (κ1) is 18.4. The van der Waals surface area contributed by atoms with Crippen LogP contribution in [0, 0.1) is 0 Å². The summed E-state index contributed by atoms with van der Waals surface area (Å²) in [5.74, 6) is 0. The number of carbonyl (C=O) groups excluding carboxylic acids is 1. The summed E-state index contributed by atoms with van der Waals surface area (Å²) in [7, 11) is 0. The van der Waals surface area contributed by atoms with E-state index in [1.54, 1.807) is 4.90 Å². The first-order chi connectivity index (χ1) is 11.4. The minimum absolute atomic E-state index is 0.223. The van der Waals surface area contributed by atoms with E-state index in [0.29, 0.717) is 13.1 Å². The van der Waals surface area contributed by atoms with Gasteiger partial charge < -0.3 is 14.6 Å². The van der Waals surface area contributed by atoms with E-state index in [4.69, 9.17) is 4.74 Å². The molecule has 2 aliphatic rings. The van der Waals surface area contributed by atoms with Crippen molar-refractivity contribution in [3.8, 4) is 0 Å². The van der Waals surface area contributed by atoms with Gasteiger partial charge in [0.15, 0.2) is 0 Å². The summed E-state index contributed by atoms with van der Waals surface area (Å²) in [6.07, 6.45) is 11.7. The molecule has 1 aliphatic carbocycles. The second-order valence-corrected chi connectivity index (χ2v) is 6.92. The molecule has 0 bridgehead atoms. The van der Waals surface area contributed by atoms with Gasteiger partial charge in [0.1, 0.15) is 5.60 Å². The van der Waals surface area contributed by atoms with Crippen LogP contribution < -0.4 is 10.6 Å². The highest BCUT2D eigenvalue weighted by molar-refractivity contribution is 5.73. The fraction of sp³-hybridized carbons (Fsp3) is 0.550. The lowest BCUT2D eigenvalue weighted by atomic mass is 9.99. The van der Waals surface area contributed by atoms with E-state index in [9.17, 15) is 4.79 Å². The van der Waals surface area contributed by atoms with E-state index in [0.717, 1.165) is 19.3 Å². The Kier molecular flexibility index (Phi) is 5.92. The van der Waals surface area contributed by atoms with Crippen LogP contribution in [-0.2, 0) is 4.74 Å². The van der Waals surface area contributed by atoms with Crippen LogP contribution in [0.5, 0.6) is 0 Å². The number of aromatic amines is 1. The summed E-state index contributed by atoms with van der Waals surface area (Å²) < 4.78 is 5.43. The second-order valence-electron chi connectivity index (χ2n) is 6.92. The Bertz CT molecular complexity index is 720. The standard InChI is InChI=1S/C18H24N2O2.C2H6/c1-18(2,3)22-17(21)20-10-8-13(9-11-20)15-12-19-16-7-5-4-6-14(15)16;1-2/h6-8,12,19H,4-5,9-11H2,1-3H3;1-2H3. The van der Waals surface area contributed by atoms with Crippen LogP contribution in [0.1, 0.15) is 59.4 Å². The van der Waals surface area contributed by atoms with Gasteiger partial charge >= 0.3 is 6.09 Å². The molecule has 3 rings (SSSR count). The Morgan fingerprint density at radius 2 is 1.88 bits per heavy atom. The van der Waals surface area contributed by atoms with E-state index < -0.39 is 5.60 Å². The number of fused-ring (bicyclic) bond motifs is 1. The molecule has 2 heterocycles. The molecule has 4 nitrogen and oxygen atoms in total. The number of aromatic nitrogens is 1. The fourth-order valence-electron chi connectivity index (χ4n) is 2.97. The smallest absolute Gasteiger partial charge is 0.410 e. The molecule has 24 heavy (non-hydrogen) atoms. The number of ether oxygens (including phenoxy) is 1. The van der Waals surface area contributed by atoms with Crippen LogP contribution in [-0.4, -0.2) is 34.7 Å². The van der Waals surface area contributed by atoms with Crippen LogP contribution in [0.2, 0.25) is 0 Å². The van der Waals surface area contributed by atoms with Crippen LogP contribution in [0.15, 0.2) is 12.3 Å². The molecule has 132 valence electrons. The molecule has 1 aromatic heterocycles. The third-order valence-electron chi connectivity index (χ3n) is 4.02. The highest BCUT2D eigenvalue weighted by atomic mass is 16.6. The summed E-state index contributed by atoms with van der Waals surface area (Å²) in [5, 5.41) is 2.56. The van der Waals surface area contributed by atoms with Crippen molar-refractivity contribution in [3.63, 3.8) is 0 Å². The molecule has 0 unspecified atom stereocenters. The maximum absolute atomic E-state index is 12.1. The van der Waals surface area contributed by atoms with Gasteiger partial charge in [-0.25, -0.2) is 4.79 Å². The van der Waals surface area contributed by atoms with Crippen molar-refractivity contribution in [1.82, 2.24) is 9.88 Å². The van der Waals surface area contributed by atoms with Gasteiger partial charge in [0, 0.05) is 35.4 Å². The number of amides is 1. The van der Waals surface area contributed by atoms with Crippen LogP contribution in [0.3, 0.4) is 0 Å². The molecule has 0 aromatic carbocycles. The van der Waals surface area contributed by atoms with Gasteiger partial charge in [-0.3, -0.25) is 0 Å². The van der Waals surface area contributed by atoms with E-state index in [1.807, 2.05) is 34.6 Å². The number of hydrogen-bond donors (Lipinski definition) is 1. The van der Waals surface area contributed by atoms with Crippen molar-refractivity contribution >= 4 is 23.8 Å². The van der Waals surface area contributed by atoms with Crippen molar-refractivity contribution in [3.05, 3.63) is 28.4 Å². The van der Waals surface area contributed by atoms with Gasteiger partial charge in [0.05, 0.1) is 0 Å². The maximum Gasteiger partial charge on any atom is 0.410 e. The fourth-order valence-corrected chi connectivity index (χ4v) is 2.97. The van der Waals surface area contributed by atoms with Crippen molar-refractivity contribution < 1.29 is 9.53 Å². The molecule has 0 fully saturated rings. The van der Waals surface area contributed by atoms with Gasteiger partial charge in [-0.1, -0.05) is 32.1 Å². The average molecular weight is 330 g/mol. The van der Waals surface area contributed by atoms with E-state index in [1.165, 1.54) is 21.7 Å². The highest BCUT2D eigenvalue weighted by Crippen LogP contribution is 2.21. The molecule has 4 heteroatoms. The Labute approximate surface area is 144 Å². The zero-order chi connectivity index (χ0) is 17.7. The number of nitrogens with zero attached hydrogens (tertiary/aromatic N) is 1. The summed E-state index contributed by atoms with van der Waals surface area (Å²) in [6.45, 7) is 11.0. The molecule has 1 aliphatic heterocycles. The lowest BCUT2D eigenvalue weighted by Crippen LogP contribution is -2.39. The Morgan fingerprint density at radius 1 is 1.17 bits per heavy atom. The molecule has 0 saturated carbocycles. The van der Waals surface area contributed by atoms with Gasteiger partial charge in [0.25, 0.3) is 0 Å². The molecule has 0 radical (unpaired) electrons. The zero-order valence-electron chi connectivity index (χ0n) is 15.6. The monoisotopic (exact) mass is 330 g/mol. The Hall–Kier alpha value is -1.97. The minimum atomic E-state index is -0.439. The molecule has 0 spiro atoms. The van der Waals surface area contributed by atoms with Crippen LogP contribution in [0.4, 0.5) is 4.79 Å². The number of nitrogens with one attached hydrogen (secondary N) is 1. The molecular weight excluding hydrogens is 300 g/mol. The van der Waals surface area contributed by atoms with Crippen LogP contribution in [0.25, 0.3) is 17.7 Å². The van der Waals surface area contributed by atoms with Gasteiger partial charge in [0.2, 0.25) is 0 Å².